The smallest absolute Gasteiger partial charge is 0.139 e. The van der Waals surface area contributed by atoms with E-state index in [2.05, 4.69) is 24.1 Å². The van der Waals surface area contributed by atoms with Crippen molar-refractivity contribution in [1.82, 2.24) is 10.3 Å². The zero-order chi connectivity index (χ0) is 14.5. The second-order valence-corrected chi connectivity index (χ2v) is 6.42. The van der Waals surface area contributed by atoms with E-state index in [9.17, 15) is 0 Å². The fourth-order valence-corrected chi connectivity index (χ4v) is 2.59. The molecule has 1 heterocycles. The molecule has 2 rings (SSSR count). The fourth-order valence-electron chi connectivity index (χ4n) is 1.53. The topological polar surface area (TPSA) is 34.2 Å². The number of hydrogen-bond donors (Lipinski definition) is 1. The van der Waals surface area contributed by atoms with Crippen molar-refractivity contribution in [2.24, 2.45) is 0 Å². The van der Waals surface area contributed by atoms with Crippen molar-refractivity contribution >= 4 is 34.5 Å². The van der Waals surface area contributed by atoms with Crippen LogP contribution in [0.3, 0.4) is 0 Å². The van der Waals surface area contributed by atoms with E-state index in [1.54, 1.807) is 29.5 Å². The van der Waals surface area contributed by atoms with Crippen molar-refractivity contribution in [1.29, 1.82) is 0 Å². The Kier molecular flexibility index (Phi) is 5.66. The highest BCUT2D eigenvalue weighted by Gasteiger charge is 2.06. The van der Waals surface area contributed by atoms with Crippen LogP contribution >= 0.6 is 34.5 Å². The van der Waals surface area contributed by atoms with Crippen molar-refractivity contribution in [3.8, 4) is 5.75 Å². The molecule has 0 atom stereocenters. The molecule has 0 aliphatic heterocycles. The van der Waals surface area contributed by atoms with E-state index in [1.165, 1.54) is 0 Å². The molecule has 0 saturated carbocycles. The maximum Gasteiger partial charge on any atom is 0.139 e. The molecule has 0 radical (unpaired) electrons. The summed E-state index contributed by atoms with van der Waals surface area (Å²) in [6.45, 7) is 5.38. The lowest BCUT2D eigenvalue weighted by atomic mass is 10.3. The molecule has 20 heavy (non-hydrogen) atoms. The Balaban J connectivity index is 1.92. The maximum atomic E-state index is 6.04. The van der Waals surface area contributed by atoms with Gasteiger partial charge in [0, 0.05) is 29.1 Å². The van der Waals surface area contributed by atoms with Gasteiger partial charge in [0.15, 0.2) is 0 Å². The number of halogens is 2. The molecule has 0 bridgehead atoms. The second kappa shape index (κ2) is 7.27. The van der Waals surface area contributed by atoms with Crippen LogP contribution in [0.1, 0.15) is 24.5 Å². The van der Waals surface area contributed by atoms with E-state index in [1.807, 2.05) is 5.38 Å². The predicted octanol–water partition coefficient (Wildman–Crippen LogP) is 4.53. The van der Waals surface area contributed by atoms with E-state index in [4.69, 9.17) is 27.9 Å². The average Bonchev–Trinajstić information content (AvgIpc) is 2.85. The van der Waals surface area contributed by atoms with Gasteiger partial charge in [0.2, 0.25) is 0 Å². The van der Waals surface area contributed by atoms with Gasteiger partial charge >= 0.3 is 0 Å². The highest BCUT2D eigenvalue weighted by atomic mass is 35.5. The normalized spacial score (nSPS) is 11.1. The summed E-state index contributed by atoms with van der Waals surface area (Å²) in [5, 5.41) is 7.53. The second-order valence-electron chi connectivity index (χ2n) is 4.63. The first-order chi connectivity index (χ1) is 9.54. The van der Waals surface area contributed by atoms with Crippen molar-refractivity contribution in [2.75, 3.05) is 0 Å². The summed E-state index contributed by atoms with van der Waals surface area (Å²) in [4.78, 5) is 4.50. The maximum absolute atomic E-state index is 6.04. The third kappa shape index (κ3) is 4.63. The van der Waals surface area contributed by atoms with E-state index in [-0.39, 0.29) is 0 Å². The van der Waals surface area contributed by atoms with Crippen molar-refractivity contribution in [3.63, 3.8) is 0 Å². The molecule has 1 aromatic carbocycles. The highest BCUT2D eigenvalue weighted by Crippen LogP contribution is 2.28. The first kappa shape index (κ1) is 15.6. The Morgan fingerprint density at radius 1 is 1.35 bits per heavy atom. The van der Waals surface area contributed by atoms with Gasteiger partial charge in [0.1, 0.15) is 17.4 Å². The van der Waals surface area contributed by atoms with Crippen molar-refractivity contribution in [2.45, 2.75) is 33.0 Å². The molecular formula is C14H16Cl2N2OS. The van der Waals surface area contributed by atoms with Crippen LogP contribution < -0.4 is 10.1 Å². The Bertz CT molecular complexity index is 572. The van der Waals surface area contributed by atoms with E-state index in [0.29, 0.717) is 28.4 Å². The van der Waals surface area contributed by atoms with Crippen molar-refractivity contribution in [3.05, 3.63) is 44.3 Å². The summed E-state index contributed by atoms with van der Waals surface area (Å²) in [6.07, 6.45) is 0. The number of nitrogens with zero attached hydrogens (tertiary/aromatic N) is 1. The van der Waals surface area contributed by atoms with Crippen LogP contribution in [0.5, 0.6) is 5.75 Å². The van der Waals surface area contributed by atoms with Crippen LogP contribution in [0.25, 0.3) is 0 Å². The van der Waals surface area contributed by atoms with Crippen LogP contribution in [0, 0.1) is 0 Å². The van der Waals surface area contributed by atoms with Crippen LogP contribution in [0.2, 0.25) is 10.0 Å². The Morgan fingerprint density at radius 2 is 2.15 bits per heavy atom. The Labute approximate surface area is 132 Å². The molecule has 1 aromatic heterocycles. The largest absolute Gasteiger partial charge is 0.486 e. The zero-order valence-electron chi connectivity index (χ0n) is 11.3. The first-order valence-electron chi connectivity index (χ1n) is 6.29. The van der Waals surface area contributed by atoms with Crippen LogP contribution in [0.4, 0.5) is 0 Å². The van der Waals surface area contributed by atoms with Gasteiger partial charge in [-0.1, -0.05) is 37.0 Å². The molecular weight excluding hydrogens is 315 g/mol. The van der Waals surface area contributed by atoms with Gasteiger partial charge in [-0.2, -0.15) is 0 Å². The summed E-state index contributed by atoms with van der Waals surface area (Å²) in [5.41, 5.74) is 0.895. The minimum atomic E-state index is 0.387. The third-order valence-corrected chi connectivity index (χ3v) is 3.97. The minimum Gasteiger partial charge on any atom is -0.486 e. The lowest BCUT2D eigenvalue weighted by molar-refractivity contribution is 0.302. The summed E-state index contributed by atoms with van der Waals surface area (Å²) >= 11 is 13.6. The Hall–Kier alpha value is -0.810. The molecule has 2 aromatic rings. The Morgan fingerprint density at radius 3 is 2.90 bits per heavy atom. The van der Waals surface area contributed by atoms with Gasteiger partial charge in [-0.25, -0.2) is 4.98 Å². The molecule has 0 fully saturated rings. The van der Waals surface area contributed by atoms with E-state index < -0.39 is 0 Å². The number of thiazole rings is 1. The van der Waals surface area contributed by atoms with E-state index in [0.717, 1.165) is 17.2 Å². The highest BCUT2D eigenvalue weighted by molar-refractivity contribution is 7.09. The summed E-state index contributed by atoms with van der Waals surface area (Å²) in [6, 6.07) is 5.61. The zero-order valence-corrected chi connectivity index (χ0v) is 13.6. The molecule has 0 aliphatic rings. The third-order valence-electron chi connectivity index (χ3n) is 2.53. The number of benzene rings is 1. The average molecular weight is 331 g/mol. The number of hydrogen-bond acceptors (Lipinski definition) is 4. The standard InChI is InChI=1S/C14H16Cl2N2OS/c1-9(2)17-6-14-18-11(8-20-14)7-19-13-5-10(15)3-4-12(13)16/h3-5,8-9,17H,6-7H2,1-2H3. The summed E-state index contributed by atoms with van der Waals surface area (Å²) < 4.78 is 5.65. The molecule has 0 aliphatic carbocycles. The SMILES string of the molecule is CC(C)NCc1nc(COc2cc(Cl)ccc2Cl)cs1. The summed E-state index contributed by atoms with van der Waals surface area (Å²) in [5.74, 6) is 0.578. The molecule has 108 valence electrons. The van der Waals surface area contributed by atoms with Gasteiger partial charge < -0.3 is 10.1 Å². The van der Waals surface area contributed by atoms with Crippen LogP contribution in [0.15, 0.2) is 23.6 Å². The number of aromatic nitrogens is 1. The lowest BCUT2D eigenvalue weighted by Gasteiger charge is -2.07. The molecule has 0 saturated heterocycles. The first-order valence-corrected chi connectivity index (χ1v) is 7.92. The van der Waals surface area contributed by atoms with E-state index >= 15 is 0 Å². The van der Waals surface area contributed by atoms with Crippen LogP contribution in [-0.4, -0.2) is 11.0 Å². The molecule has 0 amide bonds. The monoisotopic (exact) mass is 330 g/mol. The summed E-state index contributed by atoms with van der Waals surface area (Å²) in [7, 11) is 0. The van der Waals surface area contributed by atoms with Crippen LogP contribution in [-0.2, 0) is 13.2 Å². The number of rotatable bonds is 6. The predicted molar refractivity (Wildman–Crippen MR) is 84.9 cm³/mol. The fraction of sp³-hybridized carbons (Fsp3) is 0.357. The number of ether oxygens (including phenoxy) is 1. The van der Waals surface area contributed by atoms with Gasteiger partial charge in [-0.15, -0.1) is 11.3 Å². The van der Waals surface area contributed by atoms with Gasteiger partial charge in [-0.05, 0) is 12.1 Å². The van der Waals surface area contributed by atoms with Gasteiger partial charge in [0.05, 0.1) is 10.7 Å². The van der Waals surface area contributed by atoms with Gasteiger partial charge in [-0.3, -0.25) is 0 Å². The lowest BCUT2D eigenvalue weighted by Crippen LogP contribution is -2.21. The van der Waals surface area contributed by atoms with Crippen molar-refractivity contribution < 1.29 is 4.74 Å². The molecule has 0 unspecified atom stereocenters. The molecule has 3 nitrogen and oxygen atoms in total. The van der Waals surface area contributed by atoms with Gasteiger partial charge in [0.25, 0.3) is 0 Å². The molecule has 1 N–H and O–H groups in total. The minimum absolute atomic E-state index is 0.387. The number of nitrogens with one attached hydrogen (secondary N) is 1. The molecule has 6 heteroatoms. The quantitative estimate of drug-likeness (QED) is 0.845. The molecule has 0 spiro atoms.